The second kappa shape index (κ2) is 9.68. The number of halogens is 3. The number of amides is 2. The predicted molar refractivity (Wildman–Crippen MR) is 119 cm³/mol. The van der Waals surface area contributed by atoms with Crippen LogP contribution in [-0.4, -0.2) is 39.8 Å². The summed E-state index contributed by atoms with van der Waals surface area (Å²) < 4.78 is 56.2. The number of nitrogens with zero attached hydrogens (tertiary/aromatic N) is 2. The van der Waals surface area contributed by atoms with E-state index in [4.69, 9.17) is 14.2 Å². The largest absolute Gasteiger partial charge is 0.444 e. The maximum absolute atomic E-state index is 13.5. The van der Waals surface area contributed by atoms with Crippen LogP contribution in [-0.2, 0) is 26.5 Å². The molecule has 1 unspecified atom stereocenters. The zero-order chi connectivity index (χ0) is 26.0. The average molecular weight is 496 g/mol. The van der Waals surface area contributed by atoms with Gasteiger partial charge in [-0.25, -0.2) is 14.8 Å². The van der Waals surface area contributed by atoms with Crippen LogP contribution in [0.1, 0.15) is 52.2 Å². The second-order valence-corrected chi connectivity index (χ2v) is 9.09. The minimum absolute atomic E-state index is 0.0329. The fourth-order valence-corrected chi connectivity index (χ4v) is 3.29. The summed E-state index contributed by atoms with van der Waals surface area (Å²) >= 11 is 0. The van der Waals surface area contributed by atoms with E-state index in [0.717, 1.165) is 6.92 Å². The number of rotatable bonds is 6. The first-order valence-electron chi connectivity index (χ1n) is 10.9. The minimum atomic E-state index is -4.60. The van der Waals surface area contributed by atoms with Crippen molar-refractivity contribution in [2.45, 2.75) is 71.1 Å². The van der Waals surface area contributed by atoms with Gasteiger partial charge in [-0.3, -0.25) is 4.79 Å². The first-order valence-corrected chi connectivity index (χ1v) is 10.9. The Kier molecular flexibility index (Phi) is 7.25. The van der Waals surface area contributed by atoms with Gasteiger partial charge in [0.25, 0.3) is 0 Å². The summed E-state index contributed by atoms with van der Waals surface area (Å²) in [5, 5.41) is 5.08. The van der Waals surface area contributed by atoms with Crippen LogP contribution < -0.4 is 15.4 Å². The molecule has 2 heterocycles. The lowest BCUT2D eigenvalue weighted by molar-refractivity contribution is -0.272. The molecule has 9 nitrogen and oxygen atoms in total. The molecule has 1 aromatic heterocycles. The van der Waals surface area contributed by atoms with Crippen LogP contribution in [0.2, 0.25) is 0 Å². The number of aromatic nitrogens is 2. The molecule has 3 rings (SSSR count). The van der Waals surface area contributed by atoms with Gasteiger partial charge in [-0.1, -0.05) is 13.0 Å². The fourth-order valence-electron chi connectivity index (χ4n) is 3.29. The van der Waals surface area contributed by atoms with Crippen molar-refractivity contribution in [2.24, 2.45) is 0 Å². The molecular weight excluding hydrogens is 469 g/mol. The van der Waals surface area contributed by atoms with E-state index in [9.17, 15) is 22.8 Å². The lowest BCUT2D eigenvalue weighted by Crippen LogP contribution is -2.45. The molecule has 0 aliphatic carbocycles. The second-order valence-electron chi connectivity index (χ2n) is 9.09. The third-order valence-corrected chi connectivity index (χ3v) is 5.17. The highest BCUT2D eigenvalue weighted by Crippen LogP contribution is 2.48. The SMILES string of the molecule is CC[C@@H](NC(=O)OC(C)(C)C)C(=O)Nc1cnc(Oc2ccc3c(c2)C(C)(C(F)(F)F)OC3)nc1. The number of ether oxygens (including phenoxy) is 3. The molecule has 2 aromatic rings. The molecule has 0 saturated carbocycles. The molecule has 12 heteroatoms. The van der Waals surface area contributed by atoms with E-state index >= 15 is 0 Å². The standard InChI is InChI=1S/C23H27F3N4O5/c1-6-17(30-20(32)35-21(2,3)4)18(31)29-14-10-27-19(28-11-14)34-15-8-7-13-12-33-22(5,16(13)9-15)23(24,25)26/h7-11,17H,6,12H2,1-5H3,(H,29,31)(H,30,32)/t17-,22?/m1/s1. The molecule has 0 spiro atoms. The number of alkyl carbamates (subject to hydrolysis) is 1. The molecule has 0 saturated heterocycles. The van der Waals surface area contributed by atoms with Gasteiger partial charge in [-0.05, 0) is 51.8 Å². The van der Waals surface area contributed by atoms with Gasteiger partial charge in [-0.2, -0.15) is 13.2 Å². The number of fused-ring (bicyclic) bond motifs is 1. The summed E-state index contributed by atoms with van der Waals surface area (Å²) in [7, 11) is 0. The molecule has 2 N–H and O–H groups in total. The van der Waals surface area contributed by atoms with Crippen molar-refractivity contribution in [3.63, 3.8) is 0 Å². The molecule has 35 heavy (non-hydrogen) atoms. The average Bonchev–Trinajstić information content (AvgIpc) is 3.09. The molecule has 1 aliphatic heterocycles. The maximum atomic E-state index is 13.5. The summed E-state index contributed by atoms with van der Waals surface area (Å²) in [5.41, 5.74) is -2.52. The highest BCUT2D eigenvalue weighted by molar-refractivity contribution is 5.96. The first-order chi connectivity index (χ1) is 16.2. The lowest BCUT2D eigenvalue weighted by Gasteiger charge is -2.27. The summed E-state index contributed by atoms with van der Waals surface area (Å²) in [6.07, 6.45) is -2.46. The number of hydrogen-bond donors (Lipinski definition) is 2. The highest BCUT2D eigenvalue weighted by Gasteiger charge is 2.57. The van der Waals surface area contributed by atoms with Gasteiger partial charge in [0.1, 0.15) is 17.4 Å². The van der Waals surface area contributed by atoms with E-state index in [1.807, 2.05) is 0 Å². The van der Waals surface area contributed by atoms with E-state index in [0.29, 0.717) is 12.0 Å². The quantitative estimate of drug-likeness (QED) is 0.590. The minimum Gasteiger partial charge on any atom is -0.444 e. The van der Waals surface area contributed by atoms with Crippen LogP contribution in [0.15, 0.2) is 30.6 Å². The van der Waals surface area contributed by atoms with Crippen molar-refractivity contribution in [1.82, 2.24) is 15.3 Å². The van der Waals surface area contributed by atoms with Crippen LogP contribution in [0.25, 0.3) is 0 Å². The predicted octanol–water partition coefficient (Wildman–Crippen LogP) is 4.82. The third kappa shape index (κ3) is 6.18. The molecule has 2 atom stereocenters. The van der Waals surface area contributed by atoms with E-state index < -0.39 is 35.4 Å². The Morgan fingerprint density at radius 1 is 1.20 bits per heavy atom. The van der Waals surface area contributed by atoms with E-state index in [1.54, 1.807) is 27.7 Å². The van der Waals surface area contributed by atoms with Crippen molar-refractivity contribution < 1.29 is 37.0 Å². The van der Waals surface area contributed by atoms with Crippen molar-refractivity contribution in [2.75, 3.05) is 5.32 Å². The molecule has 0 radical (unpaired) electrons. The van der Waals surface area contributed by atoms with Crippen molar-refractivity contribution in [3.8, 4) is 11.8 Å². The molecule has 1 aromatic carbocycles. The Morgan fingerprint density at radius 3 is 2.43 bits per heavy atom. The zero-order valence-electron chi connectivity index (χ0n) is 19.9. The number of alkyl halides is 3. The molecule has 0 fully saturated rings. The van der Waals surface area contributed by atoms with Crippen LogP contribution in [0.3, 0.4) is 0 Å². The van der Waals surface area contributed by atoms with Gasteiger partial charge in [0, 0.05) is 5.56 Å². The summed E-state index contributed by atoms with van der Waals surface area (Å²) in [4.78, 5) is 32.4. The van der Waals surface area contributed by atoms with E-state index in [2.05, 4.69) is 20.6 Å². The van der Waals surface area contributed by atoms with Crippen molar-refractivity contribution in [3.05, 3.63) is 41.7 Å². The summed E-state index contributed by atoms with van der Waals surface area (Å²) in [6.45, 7) is 7.66. The lowest BCUT2D eigenvalue weighted by atomic mass is 9.93. The monoisotopic (exact) mass is 496 g/mol. The fraction of sp³-hybridized carbons (Fsp3) is 0.478. The van der Waals surface area contributed by atoms with Crippen molar-refractivity contribution in [1.29, 1.82) is 0 Å². The Hall–Kier alpha value is -3.41. The Morgan fingerprint density at radius 2 is 1.86 bits per heavy atom. The Bertz CT molecular complexity index is 1090. The normalized spacial score (nSPS) is 18.4. The first kappa shape index (κ1) is 26.2. The number of anilines is 1. The highest BCUT2D eigenvalue weighted by atomic mass is 19.4. The zero-order valence-corrected chi connectivity index (χ0v) is 19.9. The number of benzene rings is 1. The van der Waals surface area contributed by atoms with Crippen LogP contribution >= 0.6 is 0 Å². The Labute approximate surface area is 200 Å². The van der Waals surface area contributed by atoms with Crippen LogP contribution in [0.5, 0.6) is 11.8 Å². The van der Waals surface area contributed by atoms with Gasteiger partial charge in [0.2, 0.25) is 5.91 Å². The number of hydrogen-bond acceptors (Lipinski definition) is 7. The molecule has 190 valence electrons. The summed E-state index contributed by atoms with van der Waals surface area (Å²) in [6, 6.07) is 3.27. The molecule has 2 amide bonds. The van der Waals surface area contributed by atoms with Gasteiger partial charge in [-0.15, -0.1) is 0 Å². The Balaban J connectivity index is 1.64. The molecule has 0 bridgehead atoms. The summed E-state index contributed by atoms with van der Waals surface area (Å²) in [5.74, 6) is -0.394. The molecular formula is C23H27F3N4O5. The maximum Gasteiger partial charge on any atom is 0.421 e. The number of nitrogens with one attached hydrogen (secondary N) is 2. The van der Waals surface area contributed by atoms with E-state index in [-0.39, 0.29) is 29.6 Å². The van der Waals surface area contributed by atoms with Gasteiger partial charge in [0.15, 0.2) is 5.60 Å². The van der Waals surface area contributed by atoms with Gasteiger partial charge < -0.3 is 24.8 Å². The third-order valence-electron chi connectivity index (χ3n) is 5.17. The van der Waals surface area contributed by atoms with Gasteiger partial charge >= 0.3 is 18.3 Å². The smallest absolute Gasteiger partial charge is 0.421 e. The van der Waals surface area contributed by atoms with Crippen LogP contribution in [0, 0.1) is 0 Å². The van der Waals surface area contributed by atoms with E-state index in [1.165, 1.54) is 30.6 Å². The topological polar surface area (TPSA) is 112 Å². The van der Waals surface area contributed by atoms with Crippen molar-refractivity contribution >= 4 is 17.7 Å². The molecule has 1 aliphatic rings. The number of carbonyl (C=O) groups is 2. The van der Waals surface area contributed by atoms with Gasteiger partial charge in [0.05, 0.1) is 24.7 Å². The van der Waals surface area contributed by atoms with Crippen LogP contribution in [0.4, 0.5) is 23.7 Å². The number of carbonyl (C=O) groups excluding carboxylic acids is 2.